The lowest BCUT2D eigenvalue weighted by Crippen LogP contribution is -2.25. The zero-order valence-electron chi connectivity index (χ0n) is 12.1. The number of para-hydroxylation sites is 1. The maximum atomic E-state index is 6.07. The number of aryl methyl sites for hydroxylation is 1. The fourth-order valence-corrected chi connectivity index (χ4v) is 3.13. The number of ether oxygens (including phenoxy) is 1. The minimum absolute atomic E-state index is 0.101. The molecule has 0 spiro atoms. The number of anilines is 1. The molecule has 4 nitrogen and oxygen atoms in total. The molecule has 0 atom stereocenters. The number of nitrogens with zero attached hydrogens (tertiary/aromatic N) is 2. The van der Waals surface area contributed by atoms with Crippen molar-refractivity contribution in [1.29, 1.82) is 0 Å². The summed E-state index contributed by atoms with van der Waals surface area (Å²) in [4.78, 5) is 0. The van der Waals surface area contributed by atoms with E-state index in [1.807, 2.05) is 0 Å². The Morgan fingerprint density at radius 1 is 1.35 bits per heavy atom. The van der Waals surface area contributed by atoms with Gasteiger partial charge in [0.15, 0.2) is 0 Å². The second kappa shape index (κ2) is 5.05. The number of aromatic nitrogens is 2. The van der Waals surface area contributed by atoms with Gasteiger partial charge in [0.2, 0.25) is 5.13 Å². The highest BCUT2D eigenvalue weighted by Crippen LogP contribution is 2.37. The van der Waals surface area contributed by atoms with Crippen LogP contribution in [0.2, 0.25) is 0 Å². The van der Waals surface area contributed by atoms with Crippen LogP contribution in [-0.2, 0) is 19.4 Å². The molecule has 2 heterocycles. The highest BCUT2D eigenvalue weighted by Gasteiger charge is 2.31. The van der Waals surface area contributed by atoms with Gasteiger partial charge < -0.3 is 10.1 Å². The Bertz CT molecular complexity index is 621. The largest absolute Gasteiger partial charge is 0.487 e. The second-order valence-corrected chi connectivity index (χ2v) is 6.71. The van der Waals surface area contributed by atoms with Gasteiger partial charge in [0.05, 0.1) is 0 Å². The summed E-state index contributed by atoms with van der Waals surface area (Å²) in [6, 6.07) is 6.35. The van der Waals surface area contributed by atoms with Gasteiger partial charge in [-0.25, -0.2) is 0 Å². The summed E-state index contributed by atoms with van der Waals surface area (Å²) in [5, 5.41) is 13.5. The lowest BCUT2D eigenvalue weighted by Gasteiger charge is -2.18. The fourth-order valence-electron chi connectivity index (χ4n) is 2.46. The van der Waals surface area contributed by atoms with Crippen LogP contribution in [-0.4, -0.2) is 15.8 Å². The van der Waals surface area contributed by atoms with E-state index < -0.39 is 0 Å². The minimum Gasteiger partial charge on any atom is -0.487 e. The molecule has 0 aliphatic carbocycles. The Kier molecular flexibility index (Phi) is 3.38. The smallest absolute Gasteiger partial charge is 0.205 e. The molecular weight excluding hydrogens is 270 g/mol. The first-order valence-electron chi connectivity index (χ1n) is 6.93. The molecular formula is C15H19N3OS. The van der Waals surface area contributed by atoms with Crippen molar-refractivity contribution in [3.05, 3.63) is 34.3 Å². The predicted octanol–water partition coefficient (Wildman–Crippen LogP) is 3.43. The molecule has 5 heteroatoms. The Balaban J connectivity index is 1.75. The van der Waals surface area contributed by atoms with Crippen LogP contribution >= 0.6 is 11.3 Å². The molecule has 0 amide bonds. The van der Waals surface area contributed by atoms with Crippen molar-refractivity contribution in [2.75, 3.05) is 5.32 Å². The molecule has 1 aromatic heterocycles. The van der Waals surface area contributed by atoms with E-state index >= 15 is 0 Å². The van der Waals surface area contributed by atoms with E-state index in [0.717, 1.165) is 35.3 Å². The second-order valence-electron chi connectivity index (χ2n) is 5.65. The first-order chi connectivity index (χ1) is 9.57. The summed E-state index contributed by atoms with van der Waals surface area (Å²) in [6.45, 7) is 7.06. The highest BCUT2D eigenvalue weighted by atomic mass is 32.1. The van der Waals surface area contributed by atoms with Crippen LogP contribution in [0, 0.1) is 0 Å². The first kappa shape index (κ1) is 13.4. The van der Waals surface area contributed by atoms with Crippen LogP contribution < -0.4 is 10.1 Å². The third-order valence-electron chi connectivity index (χ3n) is 3.37. The lowest BCUT2D eigenvalue weighted by molar-refractivity contribution is 0.137. The van der Waals surface area contributed by atoms with Crippen LogP contribution in [0.4, 0.5) is 5.13 Å². The van der Waals surface area contributed by atoms with Crippen LogP contribution in [0.5, 0.6) is 5.75 Å². The third kappa shape index (κ3) is 2.63. The molecule has 0 saturated heterocycles. The average molecular weight is 289 g/mol. The summed E-state index contributed by atoms with van der Waals surface area (Å²) < 4.78 is 6.07. The van der Waals surface area contributed by atoms with Crippen molar-refractivity contribution in [3.63, 3.8) is 0 Å². The summed E-state index contributed by atoms with van der Waals surface area (Å²) in [5.74, 6) is 1.03. The topological polar surface area (TPSA) is 47.0 Å². The Hall–Kier alpha value is -1.62. The van der Waals surface area contributed by atoms with Crippen LogP contribution in [0.1, 0.15) is 36.9 Å². The average Bonchev–Trinajstić information content (AvgIpc) is 2.98. The lowest BCUT2D eigenvalue weighted by atomic mass is 10.0. The molecule has 0 unspecified atom stereocenters. The number of hydrogen-bond donors (Lipinski definition) is 1. The van der Waals surface area contributed by atoms with Crippen molar-refractivity contribution >= 4 is 16.5 Å². The molecule has 0 fully saturated rings. The van der Waals surface area contributed by atoms with Gasteiger partial charge in [-0.15, -0.1) is 10.2 Å². The Labute approximate surface area is 123 Å². The van der Waals surface area contributed by atoms with Gasteiger partial charge in [-0.1, -0.05) is 36.5 Å². The van der Waals surface area contributed by atoms with E-state index in [0.29, 0.717) is 0 Å². The van der Waals surface area contributed by atoms with E-state index in [1.165, 1.54) is 11.1 Å². The SMILES string of the molecule is CCc1nnc(NCc2cccc3c2OC(C)(C)C3)s1. The van der Waals surface area contributed by atoms with E-state index in [2.05, 4.69) is 54.5 Å². The number of rotatable bonds is 4. The summed E-state index contributed by atoms with van der Waals surface area (Å²) in [6.07, 6.45) is 1.90. The quantitative estimate of drug-likeness (QED) is 0.936. The van der Waals surface area contributed by atoms with Gasteiger partial charge >= 0.3 is 0 Å². The zero-order chi connectivity index (χ0) is 14.2. The number of nitrogens with one attached hydrogen (secondary N) is 1. The number of benzene rings is 1. The highest BCUT2D eigenvalue weighted by molar-refractivity contribution is 7.15. The van der Waals surface area contributed by atoms with Crippen molar-refractivity contribution in [2.24, 2.45) is 0 Å². The third-order valence-corrected chi connectivity index (χ3v) is 4.40. The fraction of sp³-hybridized carbons (Fsp3) is 0.467. The summed E-state index contributed by atoms with van der Waals surface area (Å²) >= 11 is 1.61. The van der Waals surface area contributed by atoms with Gasteiger partial charge in [-0.05, 0) is 25.8 Å². The molecule has 1 aliphatic heterocycles. The van der Waals surface area contributed by atoms with E-state index in [4.69, 9.17) is 4.74 Å². The van der Waals surface area contributed by atoms with Crippen molar-refractivity contribution < 1.29 is 4.74 Å². The maximum absolute atomic E-state index is 6.07. The van der Waals surface area contributed by atoms with Gasteiger partial charge in [0.1, 0.15) is 16.4 Å². The van der Waals surface area contributed by atoms with Gasteiger partial charge in [0.25, 0.3) is 0 Å². The molecule has 3 rings (SSSR count). The molecule has 1 aliphatic rings. The Morgan fingerprint density at radius 3 is 2.95 bits per heavy atom. The Morgan fingerprint density at radius 2 is 2.20 bits per heavy atom. The van der Waals surface area contributed by atoms with E-state index in [9.17, 15) is 0 Å². The standard InChI is InChI=1S/C15H19N3OS/c1-4-12-17-18-14(20-12)16-9-11-7-5-6-10-8-15(2,3)19-13(10)11/h5-7H,4,8-9H2,1-3H3,(H,16,18). The molecule has 1 aromatic carbocycles. The zero-order valence-corrected chi connectivity index (χ0v) is 12.9. The van der Waals surface area contributed by atoms with Gasteiger partial charge in [-0.3, -0.25) is 0 Å². The predicted molar refractivity (Wildman–Crippen MR) is 81.5 cm³/mol. The van der Waals surface area contributed by atoms with Crippen molar-refractivity contribution in [1.82, 2.24) is 10.2 Å². The molecule has 2 aromatic rings. The van der Waals surface area contributed by atoms with Crippen molar-refractivity contribution in [3.8, 4) is 5.75 Å². The summed E-state index contributed by atoms with van der Waals surface area (Å²) in [5.41, 5.74) is 2.37. The van der Waals surface area contributed by atoms with Crippen LogP contribution in [0.3, 0.4) is 0 Å². The van der Waals surface area contributed by atoms with Crippen molar-refractivity contribution in [2.45, 2.75) is 45.8 Å². The first-order valence-corrected chi connectivity index (χ1v) is 7.75. The maximum Gasteiger partial charge on any atom is 0.205 e. The van der Waals surface area contributed by atoms with E-state index in [-0.39, 0.29) is 5.60 Å². The normalized spacial score (nSPS) is 15.8. The van der Waals surface area contributed by atoms with E-state index in [1.54, 1.807) is 11.3 Å². The monoisotopic (exact) mass is 289 g/mol. The molecule has 0 radical (unpaired) electrons. The summed E-state index contributed by atoms with van der Waals surface area (Å²) in [7, 11) is 0. The number of fused-ring (bicyclic) bond motifs is 1. The van der Waals surface area contributed by atoms with Crippen LogP contribution in [0.15, 0.2) is 18.2 Å². The van der Waals surface area contributed by atoms with Gasteiger partial charge in [-0.2, -0.15) is 0 Å². The molecule has 0 bridgehead atoms. The molecule has 20 heavy (non-hydrogen) atoms. The molecule has 1 N–H and O–H groups in total. The van der Waals surface area contributed by atoms with Crippen LogP contribution in [0.25, 0.3) is 0 Å². The molecule has 106 valence electrons. The van der Waals surface area contributed by atoms with Gasteiger partial charge in [0, 0.05) is 18.5 Å². The number of hydrogen-bond acceptors (Lipinski definition) is 5. The minimum atomic E-state index is -0.101. The molecule has 0 saturated carbocycles.